The van der Waals surface area contributed by atoms with Crippen molar-refractivity contribution in [1.29, 1.82) is 0 Å². The number of rotatable bonds is 4. The summed E-state index contributed by atoms with van der Waals surface area (Å²) in [6.07, 6.45) is 3.76. The van der Waals surface area contributed by atoms with Crippen LogP contribution in [0.1, 0.15) is 5.56 Å². The molecule has 3 aromatic carbocycles. The van der Waals surface area contributed by atoms with Gasteiger partial charge in [-0.2, -0.15) is 0 Å². The molecule has 0 bridgehead atoms. The molecule has 0 aliphatic carbocycles. The molecule has 37 heavy (non-hydrogen) atoms. The zero-order valence-corrected chi connectivity index (χ0v) is 19.9. The smallest absolute Gasteiger partial charge is 0.269 e. The van der Waals surface area contributed by atoms with Gasteiger partial charge in [-0.1, -0.05) is 54.1 Å². The third-order valence-corrected chi connectivity index (χ3v) is 7.44. The van der Waals surface area contributed by atoms with Crippen molar-refractivity contribution < 1.29 is 19.3 Å². The van der Waals surface area contributed by atoms with Crippen molar-refractivity contribution in [2.45, 2.75) is 12.1 Å². The monoisotopic (exact) mass is 514 g/mol. The number of nitrogens with one attached hydrogen (secondary N) is 1. The molecule has 3 aromatic rings. The van der Waals surface area contributed by atoms with E-state index in [-0.39, 0.29) is 16.4 Å². The largest absolute Gasteiger partial charge is 0.351 e. The first-order chi connectivity index (χ1) is 17.9. The summed E-state index contributed by atoms with van der Waals surface area (Å²) in [6, 6.07) is 18.0. The van der Waals surface area contributed by atoms with E-state index in [2.05, 4.69) is 5.32 Å². The minimum absolute atomic E-state index is 0.110. The number of hydrogen-bond donors (Lipinski definition) is 1. The van der Waals surface area contributed by atoms with Crippen LogP contribution < -0.4 is 15.1 Å². The highest BCUT2D eigenvalue weighted by Gasteiger charge is 2.64. The molecule has 0 unspecified atom stereocenters. The molecule has 1 N–H and O–H groups in total. The molecule has 6 rings (SSSR count). The SMILES string of the molecule is O=C(Nc1ccc([N+](=O)[O-])cc1)[C@@H]1[C@@H]2C(=O)N(c3ccccc3Cl)C(=O)[C@@H]2[C@H]2C=Cc3ccccc3N21. The second-order valence-corrected chi connectivity index (χ2v) is 9.48. The quantitative estimate of drug-likeness (QED) is 0.316. The Morgan fingerprint density at radius 1 is 0.892 bits per heavy atom. The molecule has 9 nitrogen and oxygen atoms in total. The lowest BCUT2D eigenvalue weighted by Crippen LogP contribution is -2.50. The predicted molar refractivity (Wildman–Crippen MR) is 138 cm³/mol. The third-order valence-electron chi connectivity index (χ3n) is 7.12. The van der Waals surface area contributed by atoms with Crippen LogP contribution >= 0.6 is 11.6 Å². The number of para-hydroxylation sites is 2. The van der Waals surface area contributed by atoms with Gasteiger partial charge < -0.3 is 10.2 Å². The van der Waals surface area contributed by atoms with E-state index >= 15 is 0 Å². The fourth-order valence-electron chi connectivity index (χ4n) is 5.57. The van der Waals surface area contributed by atoms with E-state index in [0.717, 1.165) is 16.2 Å². The molecule has 4 atom stereocenters. The van der Waals surface area contributed by atoms with Crippen molar-refractivity contribution >= 4 is 58.1 Å². The highest BCUT2D eigenvalue weighted by Crippen LogP contribution is 2.49. The van der Waals surface area contributed by atoms with Crippen molar-refractivity contribution in [2.24, 2.45) is 11.8 Å². The molecular formula is C27H19ClN4O5. The van der Waals surface area contributed by atoms with Crippen molar-refractivity contribution in [3.05, 3.63) is 99.6 Å². The van der Waals surface area contributed by atoms with E-state index in [4.69, 9.17) is 11.6 Å². The Labute approximate surface area is 216 Å². The zero-order valence-electron chi connectivity index (χ0n) is 19.2. The van der Waals surface area contributed by atoms with Gasteiger partial charge in [0.05, 0.1) is 33.5 Å². The molecule has 2 fully saturated rings. The van der Waals surface area contributed by atoms with Crippen LogP contribution in [0.15, 0.2) is 78.9 Å². The third kappa shape index (κ3) is 3.50. The molecule has 3 aliphatic heterocycles. The fourth-order valence-corrected chi connectivity index (χ4v) is 5.79. The number of halogens is 1. The van der Waals surface area contributed by atoms with E-state index in [1.54, 1.807) is 24.3 Å². The Morgan fingerprint density at radius 2 is 1.54 bits per heavy atom. The molecule has 10 heteroatoms. The van der Waals surface area contributed by atoms with Crippen molar-refractivity contribution in [1.82, 2.24) is 0 Å². The number of hydrogen-bond acceptors (Lipinski definition) is 6. The summed E-state index contributed by atoms with van der Waals surface area (Å²) >= 11 is 6.34. The van der Waals surface area contributed by atoms with E-state index < -0.39 is 46.6 Å². The molecule has 3 heterocycles. The normalized spacial score (nSPS) is 23.5. The number of nitro groups is 1. The van der Waals surface area contributed by atoms with E-state index in [1.807, 2.05) is 41.3 Å². The van der Waals surface area contributed by atoms with Crippen LogP contribution in [0, 0.1) is 22.0 Å². The summed E-state index contributed by atoms with van der Waals surface area (Å²) in [5.74, 6) is -3.14. The summed E-state index contributed by atoms with van der Waals surface area (Å²) in [5, 5.41) is 14.1. The number of nitrogens with zero attached hydrogens (tertiary/aromatic N) is 3. The summed E-state index contributed by atoms with van der Waals surface area (Å²) in [4.78, 5) is 54.8. The van der Waals surface area contributed by atoms with Gasteiger partial charge in [0, 0.05) is 23.5 Å². The molecule has 3 amide bonds. The van der Waals surface area contributed by atoms with Gasteiger partial charge in [0.2, 0.25) is 17.7 Å². The Hall–Kier alpha value is -4.50. The minimum Gasteiger partial charge on any atom is -0.351 e. The maximum atomic E-state index is 13.8. The Bertz CT molecular complexity index is 1500. The van der Waals surface area contributed by atoms with Crippen LogP contribution in [0.25, 0.3) is 6.08 Å². The van der Waals surface area contributed by atoms with E-state index in [0.29, 0.717) is 5.69 Å². The van der Waals surface area contributed by atoms with Crippen LogP contribution in [0.3, 0.4) is 0 Å². The first kappa shape index (κ1) is 22.9. The zero-order chi connectivity index (χ0) is 25.8. The number of amides is 3. The average Bonchev–Trinajstić information content (AvgIpc) is 3.37. The Kier molecular flexibility index (Phi) is 5.31. The van der Waals surface area contributed by atoms with Gasteiger partial charge in [-0.15, -0.1) is 0 Å². The lowest BCUT2D eigenvalue weighted by Gasteiger charge is -2.36. The van der Waals surface area contributed by atoms with Crippen LogP contribution in [0.5, 0.6) is 0 Å². The number of carbonyl (C=O) groups is 3. The summed E-state index contributed by atoms with van der Waals surface area (Å²) in [6.45, 7) is 0. The second-order valence-electron chi connectivity index (χ2n) is 9.07. The molecule has 0 saturated carbocycles. The molecule has 3 aliphatic rings. The number of fused-ring (bicyclic) bond motifs is 5. The van der Waals surface area contributed by atoms with Crippen LogP contribution in [0.2, 0.25) is 5.02 Å². The van der Waals surface area contributed by atoms with Gasteiger partial charge in [-0.25, -0.2) is 4.90 Å². The molecule has 0 aromatic heterocycles. The summed E-state index contributed by atoms with van der Waals surface area (Å²) in [5.41, 5.74) is 2.14. The van der Waals surface area contributed by atoms with Crippen molar-refractivity contribution in [3.63, 3.8) is 0 Å². The van der Waals surface area contributed by atoms with Crippen molar-refractivity contribution in [3.8, 4) is 0 Å². The van der Waals surface area contributed by atoms with Gasteiger partial charge >= 0.3 is 0 Å². The standard InChI is InChI=1S/C27H19ClN4O5/c28-18-6-2-4-8-20(18)31-26(34)22-21-14-9-15-5-1-3-7-19(15)30(21)24(23(22)27(31)35)25(33)29-16-10-12-17(13-11-16)32(36)37/h1-14,21-24H,(H,29,33)/t21-,22-,23-,24+/m1/s1. The molecular weight excluding hydrogens is 496 g/mol. The Morgan fingerprint density at radius 3 is 2.24 bits per heavy atom. The molecule has 2 saturated heterocycles. The Balaban J connectivity index is 1.42. The topological polar surface area (TPSA) is 113 Å². The van der Waals surface area contributed by atoms with Gasteiger partial charge in [0.15, 0.2) is 0 Å². The maximum Gasteiger partial charge on any atom is 0.269 e. The highest BCUT2D eigenvalue weighted by molar-refractivity contribution is 6.36. The van der Waals surface area contributed by atoms with Crippen LogP contribution in [0.4, 0.5) is 22.7 Å². The molecule has 0 spiro atoms. The van der Waals surface area contributed by atoms with Gasteiger partial charge in [-0.3, -0.25) is 24.5 Å². The summed E-state index contributed by atoms with van der Waals surface area (Å²) in [7, 11) is 0. The van der Waals surface area contributed by atoms with Crippen LogP contribution in [-0.2, 0) is 14.4 Å². The minimum atomic E-state index is -1.000. The maximum absolute atomic E-state index is 13.8. The summed E-state index contributed by atoms with van der Waals surface area (Å²) < 4.78 is 0. The van der Waals surface area contributed by atoms with Crippen molar-refractivity contribution in [2.75, 3.05) is 15.1 Å². The van der Waals surface area contributed by atoms with E-state index in [1.165, 1.54) is 24.3 Å². The first-order valence-electron chi connectivity index (χ1n) is 11.6. The first-order valence-corrected chi connectivity index (χ1v) is 12.0. The number of anilines is 3. The molecule has 184 valence electrons. The highest BCUT2D eigenvalue weighted by atomic mass is 35.5. The van der Waals surface area contributed by atoms with E-state index in [9.17, 15) is 24.5 Å². The fraction of sp³-hybridized carbons (Fsp3) is 0.148. The average molecular weight is 515 g/mol. The lowest BCUT2D eigenvalue weighted by molar-refractivity contribution is -0.384. The van der Waals surface area contributed by atoms with Gasteiger partial charge in [0.1, 0.15) is 6.04 Å². The number of non-ortho nitro benzene ring substituents is 1. The van der Waals surface area contributed by atoms with Gasteiger partial charge in [-0.05, 0) is 35.9 Å². The predicted octanol–water partition coefficient (Wildman–Crippen LogP) is 4.28. The molecule has 0 radical (unpaired) electrons. The van der Waals surface area contributed by atoms with Crippen LogP contribution in [-0.4, -0.2) is 34.7 Å². The number of benzene rings is 3. The number of nitro benzene ring substituents is 1. The number of carbonyl (C=O) groups excluding carboxylic acids is 3. The lowest BCUT2D eigenvalue weighted by atomic mass is 9.88. The van der Waals surface area contributed by atoms with Gasteiger partial charge in [0.25, 0.3) is 5.69 Å². The second kappa shape index (κ2) is 8.56. The number of imide groups is 1.